The van der Waals surface area contributed by atoms with Crippen molar-refractivity contribution in [2.24, 2.45) is 0 Å². The Morgan fingerprint density at radius 1 is 1.00 bits per heavy atom. The Morgan fingerprint density at radius 3 is 2.42 bits per heavy atom. The number of amides is 1. The van der Waals surface area contributed by atoms with Gasteiger partial charge < -0.3 is 29.0 Å². The molecule has 0 atom stereocenters. The molecule has 1 aliphatic rings. The van der Waals surface area contributed by atoms with Crippen molar-refractivity contribution < 1.29 is 28.5 Å². The summed E-state index contributed by atoms with van der Waals surface area (Å²) in [5.41, 5.74) is 2.76. The van der Waals surface area contributed by atoms with E-state index in [-0.39, 0.29) is 12.7 Å². The Morgan fingerprint density at radius 2 is 1.71 bits per heavy atom. The van der Waals surface area contributed by atoms with Gasteiger partial charge in [0.15, 0.2) is 23.0 Å². The molecule has 5 rings (SSSR count). The van der Waals surface area contributed by atoms with Crippen molar-refractivity contribution in [2.45, 2.75) is 27.7 Å². The molecule has 0 radical (unpaired) electrons. The molecular formula is C27H28N4O6S. The van der Waals surface area contributed by atoms with Gasteiger partial charge in [-0.05, 0) is 58.0 Å². The summed E-state index contributed by atoms with van der Waals surface area (Å²) in [6, 6.07) is 10.8. The van der Waals surface area contributed by atoms with Crippen LogP contribution in [0, 0.1) is 6.92 Å². The van der Waals surface area contributed by atoms with E-state index >= 15 is 0 Å². The summed E-state index contributed by atoms with van der Waals surface area (Å²) >= 11 is 1.42. The highest BCUT2D eigenvalue weighted by atomic mass is 32.1. The highest BCUT2D eigenvalue weighted by Crippen LogP contribution is 2.40. The topological polar surface area (TPSA) is 106 Å². The van der Waals surface area contributed by atoms with Crippen molar-refractivity contribution in [1.29, 1.82) is 0 Å². The van der Waals surface area contributed by atoms with Gasteiger partial charge in [-0.15, -0.1) is 11.3 Å². The fourth-order valence-corrected chi connectivity index (χ4v) is 4.79. The van der Waals surface area contributed by atoms with Gasteiger partial charge in [0.25, 0.3) is 5.91 Å². The van der Waals surface area contributed by atoms with Gasteiger partial charge in [-0.2, -0.15) is 9.78 Å². The number of carbonyl (C=O) groups is 1. The monoisotopic (exact) mass is 536 g/mol. The minimum absolute atomic E-state index is 0.212. The number of aryl methyl sites for hydroxylation is 1. The number of fused-ring (bicyclic) bond motifs is 1. The van der Waals surface area contributed by atoms with E-state index in [0.29, 0.717) is 65.1 Å². The van der Waals surface area contributed by atoms with Crippen LogP contribution in [0.25, 0.3) is 16.4 Å². The van der Waals surface area contributed by atoms with Gasteiger partial charge in [0.2, 0.25) is 17.7 Å². The molecule has 3 heterocycles. The number of carbonyl (C=O) groups excluding carboxylic acids is 1. The molecule has 10 nitrogen and oxygen atoms in total. The van der Waals surface area contributed by atoms with Crippen LogP contribution in [0.15, 0.2) is 41.8 Å². The number of anilines is 1. The van der Waals surface area contributed by atoms with Crippen LogP contribution in [0.5, 0.6) is 28.7 Å². The molecule has 38 heavy (non-hydrogen) atoms. The van der Waals surface area contributed by atoms with Crippen molar-refractivity contribution in [3.63, 3.8) is 0 Å². The van der Waals surface area contributed by atoms with E-state index in [0.717, 1.165) is 17.0 Å². The summed E-state index contributed by atoms with van der Waals surface area (Å²) in [7, 11) is 0. The van der Waals surface area contributed by atoms with Gasteiger partial charge in [-0.1, -0.05) is 0 Å². The van der Waals surface area contributed by atoms with Crippen molar-refractivity contribution in [3.8, 4) is 45.1 Å². The molecule has 2 aromatic heterocycles. The number of hydrogen-bond donors (Lipinski definition) is 1. The largest absolute Gasteiger partial charge is 0.490 e. The van der Waals surface area contributed by atoms with E-state index in [1.165, 1.54) is 11.3 Å². The third-order valence-electron chi connectivity index (χ3n) is 5.59. The van der Waals surface area contributed by atoms with Crippen LogP contribution in [0.4, 0.5) is 5.82 Å². The molecule has 2 aromatic carbocycles. The zero-order valence-electron chi connectivity index (χ0n) is 21.6. The maximum Gasteiger partial charge on any atom is 0.257 e. The number of nitrogens with one attached hydrogen (secondary N) is 1. The van der Waals surface area contributed by atoms with E-state index in [4.69, 9.17) is 28.7 Å². The van der Waals surface area contributed by atoms with Crippen molar-refractivity contribution in [2.75, 3.05) is 31.9 Å². The lowest BCUT2D eigenvalue weighted by Gasteiger charge is -2.17. The minimum Gasteiger partial charge on any atom is -0.490 e. The first-order valence-corrected chi connectivity index (χ1v) is 13.2. The van der Waals surface area contributed by atoms with Crippen molar-refractivity contribution in [3.05, 3.63) is 53.0 Å². The molecule has 1 amide bonds. The molecule has 11 heteroatoms. The van der Waals surface area contributed by atoms with Gasteiger partial charge in [0, 0.05) is 22.6 Å². The molecule has 198 valence electrons. The van der Waals surface area contributed by atoms with Gasteiger partial charge in [0.05, 0.1) is 31.2 Å². The third kappa shape index (κ3) is 5.10. The average Bonchev–Trinajstić information content (AvgIpc) is 3.65. The standard InChI is InChI=1S/C27H28N4O6S/c1-5-33-22-12-18(13-23(34-6-2)25(22)35-7-3)26(32)29-24-10-16(4)30-31(24)27-28-19(14-38-27)17-8-9-20-21(11-17)37-15-36-20/h8-14H,5-7,15H2,1-4H3,(H,29,32). The summed E-state index contributed by atoms with van der Waals surface area (Å²) in [5, 5.41) is 10.1. The molecule has 0 bridgehead atoms. The number of hydrogen-bond acceptors (Lipinski definition) is 9. The van der Waals surface area contributed by atoms with Gasteiger partial charge in [-0.25, -0.2) is 4.98 Å². The summed E-state index contributed by atoms with van der Waals surface area (Å²) in [5.74, 6) is 2.92. The van der Waals surface area contributed by atoms with E-state index in [9.17, 15) is 4.79 Å². The van der Waals surface area contributed by atoms with E-state index in [1.54, 1.807) is 22.9 Å². The Bertz CT molecular complexity index is 1440. The van der Waals surface area contributed by atoms with Crippen LogP contribution in [0.2, 0.25) is 0 Å². The zero-order valence-corrected chi connectivity index (χ0v) is 22.4. The Balaban J connectivity index is 1.43. The molecule has 0 saturated heterocycles. The number of aromatic nitrogens is 3. The molecule has 0 aliphatic carbocycles. The first-order chi connectivity index (χ1) is 18.5. The molecule has 1 N–H and O–H groups in total. The fraction of sp³-hybridized carbons (Fsp3) is 0.296. The van der Waals surface area contributed by atoms with Gasteiger partial charge in [0.1, 0.15) is 5.82 Å². The lowest BCUT2D eigenvalue weighted by Crippen LogP contribution is -2.16. The second-order valence-corrected chi connectivity index (χ2v) is 9.06. The van der Waals surface area contributed by atoms with Gasteiger partial charge >= 0.3 is 0 Å². The maximum absolute atomic E-state index is 13.4. The summed E-state index contributed by atoms with van der Waals surface area (Å²) in [4.78, 5) is 18.1. The smallest absolute Gasteiger partial charge is 0.257 e. The maximum atomic E-state index is 13.4. The van der Waals surface area contributed by atoms with Crippen LogP contribution >= 0.6 is 11.3 Å². The molecular weight excluding hydrogens is 508 g/mol. The SMILES string of the molecule is CCOc1cc(C(=O)Nc2cc(C)nn2-c2nc(-c3ccc4c(c3)OCO4)cs2)cc(OCC)c1OCC. The van der Waals surface area contributed by atoms with Crippen LogP contribution in [0.1, 0.15) is 36.8 Å². The molecule has 4 aromatic rings. The number of nitrogens with zero attached hydrogens (tertiary/aromatic N) is 3. The fourth-order valence-electron chi connectivity index (χ4n) is 3.99. The Kier molecular flexibility index (Phi) is 7.36. The number of benzene rings is 2. The lowest BCUT2D eigenvalue weighted by molar-refractivity contribution is 0.102. The highest BCUT2D eigenvalue weighted by Gasteiger charge is 2.21. The Labute approximate surface area is 224 Å². The molecule has 0 unspecified atom stereocenters. The Hall–Kier alpha value is -4.25. The van der Waals surface area contributed by atoms with Crippen molar-refractivity contribution in [1.82, 2.24) is 14.8 Å². The normalized spacial score (nSPS) is 11.9. The second kappa shape index (κ2) is 11.0. The van der Waals surface area contributed by atoms with E-state index < -0.39 is 0 Å². The minimum atomic E-state index is -0.344. The van der Waals surface area contributed by atoms with Crippen LogP contribution in [-0.2, 0) is 0 Å². The van der Waals surface area contributed by atoms with Gasteiger partial charge in [-0.3, -0.25) is 4.79 Å². The zero-order chi connectivity index (χ0) is 26.6. The number of rotatable bonds is 10. The molecule has 1 aliphatic heterocycles. The van der Waals surface area contributed by atoms with Crippen LogP contribution < -0.4 is 29.0 Å². The van der Waals surface area contributed by atoms with E-state index in [1.807, 2.05) is 51.3 Å². The first-order valence-electron chi connectivity index (χ1n) is 12.3. The predicted molar refractivity (Wildman–Crippen MR) is 143 cm³/mol. The second-order valence-electron chi connectivity index (χ2n) is 8.22. The quantitative estimate of drug-likeness (QED) is 0.284. The summed E-state index contributed by atoms with van der Waals surface area (Å²) in [6.45, 7) is 8.96. The summed E-state index contributed by atoms with van der Waals surface area (Å²) in [6.07, 6.45) is 0. The molecule has 0 spiro atoms. The summed E-state index contributed by atoms with van der Waals surface area (Å²) < 4.78 is 29.8. The average molecular weight is 537 g/mol. The lowest BCUT2D eigenvalue weighted by atomic mass is 10.1. The highest BCUT2D eigenvalue weighted by molar-refractivity contribution is 7.12. The van der Waals surface area contributed by atoms with Crippen LogP contribution in [-0.4, -0.2) is 47.3 Å². The molecule has 0 fully saturated rings. The molecule has 0 saturated carbocycles. The third-order valence-corrected chi connectivity index (χ3v) is 6.40. The number of thiazole rings is 1. The van der Waals surface area contributed by atoms with E-state index in [2.05, 4.69) is 10.4 Å². The van der Waals surface area contributed by atoms with Crippen LogP contribution in [0.3, 0.4) is 0 Å². The number of ether oxygens (including phenoxy) is 5. The first kappa shape index (κ1) is 25.4. The van der Waals surface area contributed by atoms with Crippen molar-refractivity contribution >= 4 is 23.1 Å². The predicted octanol–water partition coefficient (Wildman–Crippen LogP) is 5.48.